The Labute approximate surface area is 197 Å². The summed E-state index contributed by atoms with van der Waals surface area (Å²) in [6.45, 7) is 7.45. The van der Waals surface area contributed by atoms with Gasteiger partial charge in [0.2, 0.25) is 0 Å². The van der Waals surface area contributed by atoms with Crippen molar-refractivity contribution < 1.29 is 9.47 Å². The van der Waals surface area contributed by atoms with Crippen molar-refractivity contribution in [2.45, 2.75) is 45.3 Å². The number of likely N-dealkylation sites (tertiary alicyclic amines) is 1. The Kier molecular flexibility index (Phi) is 10.9. The molecule has 7 nitrogen and oxygen atoms in total. The Hall–Kier alpha value is -1.39. The van der Waals surface area contributed by atoms with Crippen LogP contribution in [0, 0.1) is 6.92 Å². The first kappa shape index (κ1) is 24.9. The molecule has 1 saturated heterocycles. The van der Waals surface area contributed by atoms with Crippen LogP contribution in [0.4, 0.5) is 0 Å². The van der Waals surface area contributed by atoms with Gasteiger partial charge in [-0.05, 0) is 44.7 Å². The van der Waals surface area contributed by atoms with E-state index in [1.54, 1.807) is 7.11 Å². The molecule has 1 aromatic heterocycles. The number of aryl methyl sites for hydroxylation is 2. The average molecular weight is 529 g/mol. The monoisotopic (exact) mass is 529 g/mol. The standard InChI is InChI=1S/C22H35N5O2.HI/c1-18-25-20-8-4-5-9-21(20)27(18)13-6-12-24-22(23-2)26-14-10-19(11-15-26)29-17-7-16-28-3;/h4-5,8-9,19H,6-7,10-17H2,1-3H3,(H,23,24);1H. The number of hydrogen-bond acceptors (Lipinski definition) is 4. The summed E-state index contributed by atoms with van der Waals surface area (Å²) in [5, 5.41) is 3.53. The van der Waals surface area contributed by atoms with Crippen LogP contribution in [0.3, 0.4) is 0 Å². The first-order chi connectivity index (χ1) is 14.2. The molecule has 1 fully saturated rings. The van der Waals surface area contributed by atoms with Crippen LogP contribution >= 0.6 is 24.0 Å². The summed E-state index contributed by atoms with van der Waals surface area (Å²) < 4.78 is 13.3. The number of fused-ring (bicyclic) bond motifs is 1. The molecule has 0 bridgehead atoms. The summed E-state index contributed by atoms with van der Waals surface area (Å²) >= 11 is 0. The highest BCUT2D eigenvalue weighted by molar-refractivity contribution is 14.0. The van der Waals surface area contributed by atoms with Gasteiger partial charge in [0.25, 0.3) is 0 Å². The van der Waals surface area contributed by atoms with Crippen LogP contribution in [0.5, 0.6) is 0 Å². The number of methoxy groups -OCH3 is 1. The number of nitrogens with one attached hydrogen (secondary N) is 1. The molecule has 0 unspecified atom stereocenters. The van der Waals surface area contributed by atoms with Crippen LogP contribution in [0.25, 0.3) is 11.0 Å². The highest BCUT2D eigenvalue weighted by Crippen LogP contribution is 2.16. The molecule has 0 atom stereocenters. The van der Waals surface area contributed by atoms with E-state index in [0.717, 1.165) is 82.4 Å². The van der Waals surface area contributed by atoms with Gasteiger partial charge in [0.05, 0.1) is 17.1 Å². The predicted molar refractivity (Wildman–Crippen MR) is 133 cm³/mol. The molecule has 168 valence electrons. The van der Waals surface area contributed by atoms with Crippen LogP contribution in [-0.2, 0) is 16.0 Å². The molecule has 1 aliphatic heterocycles. The quantitative estimate of drug-likeness (QED) is 0.234. The van der Waals surface area contributed by atoms with Crippen molar-refractivity contribution in [2.24, 2.45) is 4.99 Å². The molecule has 8 heteroatoms. The van der Waals surface area contributed by atoms with Crippen molar-refractivity contribution in [1.29, 1.82) is 0 Å². The van der Waals surface area contributed by atoms with Gasteiger partial charge in [-0.3, -0.25) is 4.99 Å². The highest BCUT2D eigenvalue weighted by Gasteiger charge is 2.21. The van der Waals surface area contributed by atoms with E-state index in [-0.39, 0.29) is 24.0 Å². The SMILES string of the molecule is CN=C(NCCCn1c(C)nc2ccccc21)N1CCC(OCCCOC)CC1.I. The van der Waals surface area contributed by atoms with Crippen LogP contribution in [0.15, 0.2) is 29.3 Å². The number of para-hydroxylation sites is 2. The summed E-state index contributed by atoms with van der Waals surface area (Å²) in [6, 6.07) is 8.33. The van der Waals surface area contributed by atoms with Crippen molar-refractivity contribution in [3.63, 3.8) is 0 Å². The van der Waals surface area contributed by atoms with E-state index < -0.39 is 0 Å². The third-order valence-corrected chi connectivity index (χ3v) is 5.49. The number of imidazole rings is 1. The molecule has 0 radical (unpaired) electrons. The molecule has 1 N–H and O–H groups in total. The molecule has 0 amide bonds. The number of nitrogens with zero attached hydrogens (tertiary/aromatic N) is 4. The molecule has 2 heterocycles. The van der Waals surface area contributed by atoms with Crippen molar-refractivity contribution in [3.8, 4) is 0 Å². The largest absolute Gasteiger partial charge is 0.385 e. The minimum Gasteiger partial charge on any atom is -0.385 e. The summed E-state index contributed by atoms with van der Waals surface area (Å²) in [4.78, 5) is 11.5. The molecule has 30 heavy (non-hydrogen) atoms. The summed E-state index contributed by atoms with van der Waals surface area (Å²) in [7, 11) is 3.60. The topological polar surface area (TPSA) is 63.9 Å². The van der Waals surface area contributed by atoms with Crippen LogP contribution in [0.1, 0.15) is 31.5 Å². The van der Waals surface area contributed by atoms with Crippen LogP contribution in [0.2, 0.25) is 0 Å². The lowest BCUT2D eigenvalue weighted by molar-refractivity contribution is 0.00991. The lowest BCUT2D eigenvalue weighted by Gasteiger charge is -2.34. The predicted octanol–water partition coefficient (Wildman–Crippen LogP) is 3.45. The van der Waals surface area contributed by atoms with Crippen LogP contribution < -0.4 is 5.32 Å². The normalized spacial score (nSPS) is 15.4. The average Bonchev–Trinajstić information content (AvgIpc) is 3.07. The fourth-order valence-electron chi connectivity index (χ4n) is 3.94. The van der Waals surface area contributed by atoms with Crippen molar-refractivity contribution >= 4 is 41.0 Å². The summed E-state index contributed by atoms with van der Waals surface area (Å²) in [5.74, 6) is 2.07. The van der Waals surface area contributed by atoms with Gasteiger partial charge in [-0.15, -0.1) is 24.0 Å². The molecule has 3 rings (SSSR count). The second kappa shape index (κ2) is 13.1. The van der Waals surface area contributed by atoms with E-state index in [2.05, 4.69) is 49.9 Å². The number of guanidine groups is 1. The summed E-state index contributed by atoms with van der Waals surface area (Å²) in [6.07, 6.45) is 4.45. The third kappa shape index (κ3) is 6.81. The number of rotatable bonds is 9. The minimum absolute atomic E-state index is 0. The Bertz CT molecular complexity index is 787. The molecule has 1 aliphatic rings. The number of benzene rings is 1. The van der Waals surface area contributed by atoms with Crippen molar-refractivity contribution in [2.75, 3.05) is 47.0 Å². The first-order valence-electron chi connectivity index (χ1n) is 10.7. The van der Waals surface area contributed by atoms with E-state index in [0.29, 0.717) is 6.10 Å². The van der Waals surface area contributed by atoms with Crippen molar-refractivity contribution in [1.82, 2.24) is 19.8 Å². The zero-order valence-corrected chi connectivity index (χ0v) is 20.8. The van der Waals surface area contributed by atoms with E-state index >= 15 is 0 Å². The van der Waals surface area contributed by atoms with E-state index in [9.17, 15) is 0 Å². The summed E-state index contributed by atoms with van der Waals surface area (Å²) in [5.41, 5.74) is 2.28. The number of hydrogen-bond donors (Lipinski definition) is 1. The Morgan fingerprint density at radius 2 is 1.97 bits per heavy atom. The van der Waals surface area contributed by atoms with Gasteiger partial charge < -0.3 is 24.3 Å². The second-order valence-corrected chi connectivity index (χ2v) is 7.53. The lowest BCUT2D eigenvalue weighted by Crippen LogP contribution is -2.47. The van der Waals surface area contributed by atoms with Gasteiger partial charge in [0.15, 0.2) is 5.96 Å². The van der Waals surface area contributed by atoms with Gasteiger partial charge in [-0.1, -0.05) is 12.1 Å². The first-order valence-corrected chi connectivity index (χ1v) is 10.7. The number of aliphatic imine (C=N–C) groups is 1. The van der Waals surface area contributed by atoms with Gasteiger partial charge in [0.1, 0.15) is 5.82 Å². The van der Waals surface area contributed by atoms with Gasteiger partial charge in [0, 0.05) is 53.6 Å². The molecule has 0 aliphatic carbocycles. The Morgan fingerprint density at radius 1 is 1.20 bits per heavy atom. The Morgan fingerprint density at radius 3 is 2.70 bits per heavy atom. The molecular weight excluding hydrogens is 493 g/mol. The number of piperidine rings is 1. The third-order valence-electron chi connectivity index (χ3n) is 5.49. The van der Waals surface area contributed by atoms with Gasteiger partial charge in [-0.2, -0.15) is 0 Å². The smallest absolute Gasteiger partial charge is 0.193 e. The number of ether oxygens (including phenoxy) is 2. The maximum atomic E-state index is 5.96. The molecular formula is C22H36IN5O2. The number of aromatic nitrogens is 2. The minimum atomic E-state index is 0. The van der Waals surface area contributed by atoms with Crippen molar-refractivity contribution in [3.05, 3.63) is 30.1 Å². The van der Waals surface area contributed by atoms with Crippen LogP contribution in [-0.4, -0.2) is 73.5 Å². The lowest BCUT2D eigenvalue weighted by atomic mass is 10.1. The zero-order chi connectivity index (χ0) is 20.5. The van der Waals surface area contributed by atoms with E-state index in [1.807, 2.05) is 13.1 Å². The molecule has 2 aromatic rings. The second-order valence-electron chi connectivity index (χ2n) is 7.53. The van der Waals surface area contributed by atoms with Gasteiger partial charge in [-0.25, -0.2) is 4.98 Å². The van der Waals surface area contributed by atoms with E-state index in [1.165, 1.54) is 5.52 Å². The zero-order valence-electron chi connectivity index (χ0n) is 18.5. The fraction of sp³-hybridized carbons (Fsp3) is 0.636. The maximum Gasteiger partial charge on any atom is 0.193 e. The molecule has 0 spiro atoms. The number of halogens is 1. The van der Waals surface area contributed by atoms with Gasteiger partial charge >= 0.3 is 0 Å². The molecule has 1 aromatic carbocycles. The maximum absolute atomic E-state index is 5.96. The highest BCUT2D eigenvalue weighted by atomic mass is 127. The van der Waals surface area contributed by atoms with E-state index in [4.69, 9.17) is 9.47 Å². The fourth-order valence-corrected chi connectivity index (χ4v) is 3.94. The Balaban J connectivity index is 0.00000320. The molecule has 0 saturated carbocycles.